The first kappa shape index (κ1) is 18.5. The Morgan fingerprint density at radius 1 is 1.36 bits per heavy atom. The summed E-state index contributed by atoms with van der Waals surface area (Å²) in [5.74, 6) is 0.00822. The maximum Gasteiger partial charge on any atom is 0.405 e. The van der Waals surface area contributed by atoms with Crippen molar-refractivity contribution in [1.82, 2.24) is 25.3 Å². The Labute approximate surface area is 166 Å². The second-order valence-corrected chi connectivity index (χ2v) is 6.96. The van der Waals surface area contributed by atoms with Gasteiger partial charge in [0.2, 0.25) is 5.91 Å². The van der Waals surface area contributed by atoms with Crippen LogP contribution in [0.25, 0.3) is 22.4 Å². The van der Waals surface area contributed by atoms with Gasteiger partial charge in [0.25, 0.3) is 0 Å². The number of carbonyl (C=O) groups excluding carboxylic acids is 1. The van der Waals surface area contributed by atoms with Crippen LogP contribution in [0.5, 0.6) is 0 Å². The van der Waals surface area contributed by atoms with Gasteiger partial charge in [-0.25, -0.2) is 15.0 Å². The molecule has 3 N–H and O–H groups in total. The van der Waals surface area contributed by atoms with Crippen molar-refractivity contribution < 1.29 is 22.2 Å². The van der Waals surface area contributed by atoms with Gasteiger partial charge in [-0.3, -0.25) is 4.79 Å². The summed E-state index contributed by atoms with van der Waals surface area (Å²) < 4.78 is 37.0. The fourth-order valence-electron chi connectivity index (χ4n) is 2.85. The number of amides is 1. The molecule has 11 heteroatoms. The van der Waals surface area contributed by atoms with E-state index in [2.05, 4.69) is 25.3 Å². The Hall–Kier alpha value is -2.88. The van der Waals surface area contributed by atoms with E-state index in [0.29, 0.717) is 40.7 Å². The average Bonchev–Trinajstić information content (AvgIpc) is 3.30. The number of alkyl halides is 3. The topological polar surface area (TPSA) is 95.6 Å². The molecule has 3 heterocycles. The molecule has 152 valence electrons. The highest BCUT2D eigenvalue weighted by Gasteiger charge is 2.51. The maximum absolute atomic E-state index is 12.3. The molecule has 0 aliphatic heterocycles. The summed E-state index contributed by atoms with van der Waals surface area (Å²) in [5.41, 5.74) is 0.202. The van der Waals surface area contributed by atoms with Crippen LogP contribution in [0.4, 0.5) is 19.0 Å². The number of rotatable bonds is 5. The number of halogens is 4. The number of aromatic amines is 1. The third-order valence-electron chi connectivity index (χ3n) is 4.40. The number of fused-ring (bicyclic) bond motifs is 1. The van der Waals surface area contributed by atoms with Gasteiger partial charge in [-0.05, 0) is 25.0 Å². The van der Waals surface area contributed by atoms with Crippen LogP contribution in [0.2, 0.25) is 5.02 Å². The van der Waals surface area contributed by atoms with E-state index < -0.39 is 24.2 Å². The molecule has 0 radical (unpaired) electrons. The van der Waals surface area contributed by atoms with Crippen molar-refractivity contribution in [3.8, 4) is 11.4 Å². The number of H-pyrrole nitrogens is 1. The van der Waals surface area contributed by atoms with E-state index >= 15 is 0 Å². The molecule has 3 aromatic heterocycles. The van der Waals surface area contributed by atoms with E-state index in [1.165, 1.54) is 12.4 Å². The van der Waals surface area contributed by atoms with Gasteiger partial charge < -0.3 is 15.6 Å². The van der Waals surface area contributed by atoms with Gasteiger partial charge in [-0.1, -0.05) is 11.6 Å². The molecule has 0 aromatic carbocycles. The van der Waals surface area contributed by atoms with Gasteiger partial charge in [0.15, 0.2) is 5.82 Å². The molecule has 1 aliphatic carbocycles. The molecule has 3 aromatic rings. The van der Waals surface area contributed by atoms with Crippen LogP contribution in [0.3, 0.4) is 0 Å². The zero-order chi connectivity index (χ0) is 19.9. The van der Waals surface area contributed by atoms with Crippen molar-refractivity contribution in [2.45, 2.75) is 24.6 Å². The molecule has 4 rings (SSSR count). The first-order valence-corrected chi connectivity index (χ1v) is 8.73. The van der Waals surface area contributed by atoms with Crippen molar-refractivity contribution in [2.24, 2.45) is 0 Å². The van der Waals surface area contributed by atoms with Gasteiger partial charge in [0.1, 0.15) is 23.5 Å². The van der Waals surface area contributed by atoms with Gasteiger partial charge >= 0.3 is 6.18 Å². The van der Waals surface area contributed by atoms with Crippen LogP contribution in [0.1, 0.15) is 17.1 Å². The van der Waals surface area contributed by atoms with E-state index in [-0.39, 0.29) is 4.28 Å². The summed E-state index contributed by atoms with van der Waals surface area (Å²) in [4.78, 5) is 28.0. The lowest BCUT2D eigenvalue weighted by Crippen LogP contribution is -2.45. The Morgan fingerprint density at radius 3 is 2.86 bits per heavy atom. The van der Waals surface area contributed by atoms with Crippen LogP contribution >= 0.6 is 11.6 Å². The molecule has 28 heavy (non-hydrogen) atoms. The lowest BCUT2D eigenvalue weighted by molar-refractivity contribution is -0.139. The zero-order valence-electron chi connectivity index (χ0n) is 14.3. The Kier molecular flexibility index (Phi) is 4.37. The molecule has 0 saturated heterocycles. The number of anilines is 1. The minimum atomic E-state index is -4.46. The van der Waals surface area contributed by atoms with E-state index in [1.54, 1.807) is 18.3 Å². The number of pyridine rings is 1. The minimum Gasteiger partial charge on any atom is -0.356 e. The van der Waals surface area contributed by atoms with E-state index in [1.807, 2.05) is 5.32 Å². The number of aromatic nitrogens is 4. The van der Waals surface area contributed by atoms with Gasteiger partial charge in [0, 0.05) is 33.8 Å². The largest absolute Gasteiger partial charge is 0.405 e. The monoisotopic (exact) mass is 416 g/mol. The number of hydrogen-bond acceptors (Lipinski definition) is 5. The van der Waals surface area contributed by atoms with Crippen molar-refractivity contribution in [2.75, 3.05) is 11.9 Å². The molecular formula is C17H20ClF3N6O. The van der Waals surface area contributed by atoms with E-state index in [9.17, 15) is 18.0 Å². The van der Waals surface area contributed by atoms with E-state index in [0.717, 1.165) is 5.39 Å². The standard InChI is InChI=1S/C17H14ClF3N6O.3H2/c18-9-5-10-11(7-24-13(10)23-6-9)14-22-4-1-12(26-14)27-16(2-3-16)15(28)25-8-17(19,20)21;;;/h1,4-7H,2-3,8H2,(H,23,24)(H,25,28)(H,22,26,27);3*1H. The quantitative estimate of drug-likeness (QED) is 0.583. The highest BCUT2D eigenvalue weighted by Crippen LogP contribution is 2.39. The van der Waals surface area contributed by atoms with Crippen LogP contribution in [-0.4, -0.2) is 44.1 Å². The summed E-state index contributed by atoms with van der Waals surface area (Å²) in [5, 5.41) is 6.05. The minimum absolute atomic E-state index is 0. The highest BCUT2D eigenvalue weighted by molar-refractivity contribution is 6.31. The smallest absolute Gasteiger partial charge is 0.356 e. The van der Waals surface area contributed by atoms with Crippen molar-refractivity contribution in [3.05, 3.63) is 35.7 Å². The third-order valence-corrected chi connectivity index (χ3v) is 4.60. The number of carbonyl (C=O) groups is 1. The van der Waals surface area contributed by atoms with Crippen LogP contribution < -0.4 is 10.6 Å². The second kappa shape index (κ2) is 6.62. The molecule has 1 aliphatic rings. The third kappa shape index (κ3) is 3.72. The Bertz CT molecular complexity index is 1060. The lowest BCUT2D eigenvalue weighted by atomic mass is 10.2. The zero-order valence-corrected chi connectivity index (χ0v) is 15.0. The average molecular weight is 417 g/mol. The second-order valence-electron chi connectivity index (χ2n) is 6.52. The molecule has 1 amide bonds. The first-order valence-electron chi connectivity index (χ1n) is 8.35. The fourth-order valence-corrected chi connectivity index (χ4v) is 3.01. The van der Waals surface area contributed by atoms with Crippen LogP contribution in [0, 0.1) is 0 Å². The first-order chi connectivity index (χ1) is 13.3. The van der Waals surface area contributed by atoms with Crippen molar-refractivity contribution in [1.29, 1.82) is 0 Å². The molecule has 1 fully saturated rings. The van der Waals surface area contributed by atoms with Gasteiger partial charge in [0.05, 0.1) is 5.02 Å². The molecular weight excluding hydrogens is 397 g/mol. The predicted octanol–water partition coefficient (Wildman–Crippen LogP) is 4.03. The van der Waals surface area contributed by atoms with Crippen LogP contribution in [0.15, 0.2) is 30.7 Å². The maximum atomic E-state index is 12.3. The molecule has 0 unspecified atom stereocenters. The normalized spacial score (nSPS) is 15.4. The summed E-state index contributed by atoms with van der Waals surface area (Å²) in [7, 11) is 0. The fraction of sp³-hybridized carbons (Fsp3) is 0.294. The SMILES string of the molecule is O=C(NCC(F)(F)F)C1(Nc2ccnc(-c3c[nH]c4ncc(Cl)cc34)n2)CC1.[HH].[HH].[HH]. The number of hydrogen-bond donors (Lipinski definition) is 3. The molecule has 0 spiro atoms. The summed E-state index contributed by atoms with van der Waals surface area (Å²) in [6.07, 6.45) is 1.09. The predicted molar refractivity (Wildman–Crippen MR) is 103 cm³/mol. The molecule has 7 nitrogen and oxygen atoms in total. The summed E-state index contributed by atoms with van der Waals surface area (Å²) >= 11 is 6.00. The van der Waals surface area contributed by atoms with Crippen molar-refractivity contribution in [3.63, 3.8) is 0 Å². The highest BCUT2D eigenvalue weighted by atomic mass is 35.5. The molecule has 0 atom stereocenters. The Morgan fingerprint density at radius 2 is 2.14 bits per heavy atom. The number of nitrogens with one attached hydrogen (secondary N) is 3. The van der Waals surface area contributed by atoms with E-state index in [4.69, 9.17) is 11.6 Å². The number of nitrogens with zero attached hydrogens (tertiary/aromatic N) is 3. The molecule has 1 saturated carbocycles. The Balaban J connectivity index is 0.00000160. The van der Waals surface area contributed by atoms with Gasteiger partial charge in [-0.2, -0.15) is 13.2 Å². The summed E-state index contributed by atoms with van der Waals surface area (Å²) in [6.45, 7) is -1.37. The van der Waals surface area contributed by atoms with Crippen molar-refractivity contribution >= 4 is 34.4 Å². The lowest BCUT2D eigenvalue weighted by Gasteiger charge is -2.18. The summed E-state index contributed by atoms with van der Waals surface area (Å²) in [6, 6.07) is 3.28. The van der Waals surface area contributed by atoms with Crippen LogP contribution in [-0.2, 0) is 4.79 Å². The molecule has 0 bridgehead atoms. The van der Waals surface area contributed by atoms with Gasteiger partial charge in [-0.15, -0.1) is 0 Å².